The molecule has 672 valence electrons. The first kappa shape index (κ1) is 86.7. The van der Waals surface area contributed by atoms with E-state index in [1.807, 2.05) is 55.0 Å². The summed E-state index contributed by atoms with van der Waals surface area (Å²) >= 11 is 21.6. The first-order valence-corrected chi connectivity index (χ1v) is 46.3. The molecule has 3 atom stereocenters. The van der Waals surface area contributed by atoms with E-state index in [4.69, 9.17) is 93.1 Å². The highest BCUT2D eigenvalue weighted by molar-refractivity contribution is 6.37. The van der Waals surface area contributed by atoms with E-state index in [2.05, 4.69) is 140 Å². The smallest absolute Gasteiger partial charge is 0.319 e. The standard InChI is InChI=1S/3C32H36ClN7O3/c3*1-4-26(41)39-12-14-40(15-13-39)31-22-16-24(33)28(27-19(2)7-10-25-23(27)17-34-37-25)30(43-21-8-9-21)29(22)35-32(36-31)42-18-20-6-5-11-38(20)3/h3*4,7,10,16-17,20-21H,1,5-6,8-9,11-15,18H2,2-3H3,(H,34,37)/t3*20-/m000/s1. The topological polar surface area (TPSA) is 299 Å². The number of halogens is 3. The number of carbonyl (C=O) groups excluding carboxylic acids is 3. The molecule has 3 aliphatic carbocycles. The van der Waals surface area contributed by atoms with Gasteiger partial charge in [0.25, 0.3) is 0 Å². The van der Waals surface area contributed by atoms with Gasteiger partial charge < -0.3 is 72.5 Å². The molecule has 129 heavy (non-hydrogen) atoms. The van der Waals surface area contributed by atoms with Crippen molar-refractivity contribution in [1.29, 1.82) is 0 Å². The summed E-state index contributed by atoms with van der Waals surface area (Å²) in [6.45, 7) is 29.0. The van der Waals surface area contributed by atoms with Crippen LogP contribution in [0, 0.1) is 20.8 Å². The molecule has 6 aromatic carbocycles. The molecule has 30 nitrogen and oxygen atoms in total. The highest BCUT2D eigenvalue weighted by atomic mass is 35.5. The van der Waals surface area contributed by atoms with Crippen LogP contribution in [0.1, 0.15) is 93.7 Å². The number of benzene rings is 6. The minimum atomic E-state index is -0.0616. The van der Waals surface area contributed by atoms with Crippen LogP contribution in [0.25, 0.3) is 98.8 Å². The summed E-state index contributed by atoms with van der Waals surface area (Å²) < 4.78 is 39.1. The number of piperazine rings is 3. The van der Waals surface area contributed by atoms with E-state index < -0.39 is 0 Å². The Bertz CT molecular complexity index is 5730. The lowest BCUT2D eigenvalue weighted by Gasteiger charge is -2.35. The van der Waals surface area contributed by atoms with Gasteiger partial charge in [0.2, 0.25) is 17.7 Å². The van der Waals surface area contributed by atoms with Gasteiger partial charge in [0, 0.05) is 162 Å². The number of aromatic nitrogens is 12. The molecule has 6 aliphatic heterocycles. The number of likely N-dealkylation sites (tertiary alicyclic amines) is 3. The molecule has 0 spiro atoms. The van der Waals surface area contributed by atoms with Crippen molar-refractivity contribution >= 4 is 135 Å². The van der Waals surface area contributed by atoms with Crippen LogP contribution < -0.4 is 43.1 Å². The van der Waals surface area contributed by atoms with Gasteiger partial charge in [-0.3, -0.25) is 29.7 Å². The summed E-state index contributed by atoms with van der Waals surface area (Å²) in [5.41, 5.74) is 13.3. The fraction of sp³-hybridized carbons (Fsp3) is 0.438. The number of rotatable bonds is 24. The minimum absolute atomic E-state index is 0.0616. The first-order valence-electron chi connectivity index (χ1n) is 45.1. The second-order valence-electron chi connectivity index (χ2n) is 35.4. The Hall–Kier alpha value is -11.7. The molecule has 12 heterocycles. The molecule has 0 unspecified atom stereocenters. The number of hydrogen-bond acceptors (Lipinski definition) is 24. The van der Waals surface area contributed by atoms with E-state index in [-0.39, 0.29) is 36.0 Å². The molecule has 9 aliphatic rings. The minimum Gasteiger partial charge on any atom is -0.487 e. The maximum atomic E-state index is 12.3. The fourth-order valence-electron chi connectivity index (χ4n) is 18.8. The van der Waals surface area contributed by atoms with Gasteiger partial charge in [-0.15, -0.1) is 0 Å². The first-order chi connectivity index (χ1) is 62.7. The van der Waals surface area contributed by atoms with Gasteiger partial charge in [0.15, 0.2) is 17.2 Å². The largest absolute Gasteiger partial charge is 0.487 e. The number of aromatic amines is 3. The number of nitrogens with zero attached hydrogens (tertiary/aromatic N) is 18. The molecule has 0 bridgehead atoms. The molecule has 0 radical (unpaired) electrons. The number of ether oxygens (including phenoxy) is 6. The average molecular weight is 1810 g/mol. The summed E-state index contributed by atoms with van der Waals surface area (Å²) in [4.78, 5) is 85.7. The van der Waals surface area contributed by atoms with E-state index in [1.54, 1.807) is 14.7 Å². The van der Waals surface area contributed by atoms with Gasteiger partial charge in [-0.25, -0.2) is 0 Å². The lowest BCUT2D eigenvalue weighted by atomic mass is 9.94. The molecule has 6 aromatic heterocycles. The molecule has 3 N–H and O–H groups in total. The number of fused-ring (bicyclic) bond motifs is 6. The van der Waals surface area contributed by atoms with Crippen molar-refractivity contribution in [3.8, 4) is 68.7 Å². The van der Waals surface area contributed by atoms with Crippen molar-refractivity contribution in [1.82, 2.24) is 89.9 Å². The summed E-state index contributed by atoms with van der Waals surface area (Å²) in [5.74, 6) is 3.96. The van der Waals surface area contributed by atoms with Gasteiger partial charge in [-0.1, -0.05) is 72.7 Å². The molecule has 33 heteroatoms. The predicted molar refractivity (Wildman–Crippen MR) is 504 cm³/mol. The number of aryl methyl sites for hydroxylation is 3. The molecular weight excluding hydrogens is 1700 g/mol. The summed E-state index contributed by atoms with van der Waals surface area (Å²) in [6.07, 6.45) is 22.5. The van der Waals surface area contributed by atoms with Crippen molar-refractivity contribution in [2.24, 2.45) is 0 Å². The normalized spacial score (nSPS) is 19.4. The third-order valence-electron chi connectivity index (χ3n) is 26.7. The Kier molecular flexibility index (Phi) is 24.9. The number of hydrogen-bond donors (Lipinski definition) is 3. The van der Waals surface area contributed by atoms with Gasteiger partial charge in [0.1, 0.15) is 53.8 Å². The molecule has 12 aromatic rings. The van der Waals surface area contributed by atoms with Crippen molar-refractivity contribution < 1.29 is 42.8 Å². The van der Waals surface area contributed by atoms with Crippen molar-refractivity contribution in [3.05, 3.63) is 143 Å². The molecular formula is C96H108Cl3N21O9. The number of carbonyl (C=O) groups is 3. The second kappa shape index (κ2) is 37.1. The van der Waals surface area contributed by atoms with Crippen molar-refractivity contribution in [3.63, 3.8) is 0 Å². The van der Waals surface area contributed by atoms with Crippen LogP contribution >= 0.6 is 34.8 Å². The third kappa shape index (κ3) is 17.9. The quantitative estimate of drug-likeness (QED) is 0.0473. The number of nitrogens with one attached hydrogen (secondary N) is 3. The number of likely N-dealkylation sites (N-methyl/N-ethyl adjacent to an activating group) is 3. The van der Waals surface area contributed by atoms with E-state index in [0.29, 0.717) is 183 Å². The van der Waals surface area contributed by atoms with Crippen LogP contribution in [0.15, 0.2) is 111 Å². The van der Waals surface area contributed by atoms with Crippen LogP contribution in [0.3, 0.4) is 0 Å². The van der Waals surface area contributed by atoms with Crippen LogP contribution in [-0.4, -0.2) is 283 Å². The average Bonchev–Trinajstić information content (AvgIpc) is 1.72. The maximum Gasteiger partial charge on any atom is 0.319 e. The van der Waals surface area contributed by atoms with E-state index in [9.17, 15) is 14.4 Å². The summed E-state index contributed by atoms with van der Waals surface area (Å²) in [6, 6.07) is 20.1. The Morgan fingerprint density at radius 3 is 0.884 bits per heavy atom. The van der Waals surface area contributed by atoms with Crippen LogP contribution in [0.4, 0.5) is 17.5 Å². The number of amides is 3. The monoisotopic (exact) mass is 1800 g/mol. The third-order valence-corrected chi connectivity index (χ3v) is 27.6. The van der Waals surface area contributed by atoms with E-state index in [0.717, 1.165) is 213 Å². The second-order valence-corrected chi connectivity index (χ2v) is 36.6. The van der Waals surface area contributed by atoms with Crippen LogP contribution in [-0.2, 0) is 14.4 Å². The number of H-pyrrole nitrogens is 3. The number of anilines is 3. The van der Waals surface area contributed by atoms with Gasteiger partial charge in [-0.2, -0.15) is 45.2 Å². The zero-order chi connectivity index (χ0) is 89.0. The molecule has 6 saturated heterocycles. The van der Waals surface area contributed by atoms with E-state index in [1.165, 1.54) is 18.2 Å². The van der Waals surface area contributed by atoms with Gasteiger partial charge >= 0.3 is 18.0 Å². The molecule has 21 rings (SSSR count). The molecule has 3 saturated carbocycles. The Balaban J connectivity index is 0.000000126. The Morgan fingerprint density at radius 1 is 0.372 bits per heavy atom. The fourth-order valence-corrected chi connectivity index (χ4v) is 19.7. The van der Waals surface area contributed by atoms with Crippen molar-refractivity contribution in [2.75, 3.05) is 154 Å². The van der Waals surface area contributed by atoms with Gasteiger partial charge in [0.05, 0.1) is 68.5 Å². The summed E-state index contributed by atoms with van der Waals surface area (Å²) in [7, 11) is 6.39. The maximum absolute atomic E-state index is 12.3. The summed E-state index contributed by atoms with van der Waals surface area (Å²) in [5, 5.41) is 29.2. The Labute approximate surface area is 763 Å². The highest BCUT2D eigenvalue weighted by Crippen LogP contribution is 2.54. The van der Waals surface area contributed by atoms with Crippen LogP contribution in [0.5, 0.6) is 35.3 Å². The SMILES string of the molecule is C=CC(=O)N1CCN(c2nc(OC[C@@H]3CCCN3C)nc3c(OC4CC4)c(-c4c(C)ccc5[nH]ncc45)c(Cl)cc23)CC1.C=CC(=O)N1CCN(c2nc(OC[C@@H]3CCCN3C)nc3c(OC4CC4)c(-c4c(C)ccc5[nH]ncc45)c(Cl)cc23)CC1.C=CC(=O)N1CCN(c2nc(OC[C@@H]3CCCN3C)nc3c(OC4CC4)c(-c4c(C)ccc5[nH]ncc45)c(Cl)cc23)CC1. The van der Waals surface area contributed by atoms with Crippen molar-refractivity contribution in [2.45, 2.75) is 134 Å². The lowest BCUT2D eigenvalue weighted by Crippen LogP contribution is -2.48. The zero-order valence-corrected chi connectivity index (χ0v) is 76.1. The van der Waals surface area contributed by atoms with E-state index >= 15 is 0 Å². The Morgan fingerprint density at radius 2 is 0.643 bits per heavy atom. The highest BCUT2D eigenvalue weighted by Gasteiger charge is 2.38. The van der Waals surface area contributed by atoms with Crippen LogP contribution in [0.2, 0.25) is 15.1 Å². The zero-order valence-electron chi connectivity index (χ0n) is 73.8. The predicted octanol–water partition coefficient (Wildman–Crippen LogP) is 15.0. The molecule has 3 amide bonds. The lowest BCUT2D eigenvalue weighted by molar-refractivity contribution is -0.127. The van der Waals surface area contributed by atoms with Gasteiger partial charge in [-0.05, 0) is 210 Å². The molecule has 9 fully saturated rings.